The lowest BCUT2D eigenvalue weighted by Gasteiger charge is -2.25. The average molecular weight is 193 g/mol. The summed E-state index contributed by atoms with van der Waals surface area (Å²) in [5, 5.41) is 3.30. The van der Waals surface area contributed by atoms with Gasteiger partial charge in [-0.3, -0.25) is 5.32 Å². The minimum Gasteiger partial charge on any atom is -0.497 e. The first-order valence-electron chi connectivity index (χ1n) is 4.78. The van der Waals surface area contributed by atoms with Gasteiger partial charge in [-0.05, 0) is 24.1 Å². The molecule has 76 valence electrons. The van der Waals surface area contributed by atoms with Crippen LogP contribution in [0.2, 0.25) is 0 Å². The molecule has 1 atom stereocenters. The van der Waals surface area contributed by atoms with Gasteiger partial charge < -0.3 is 9.47 Å². The zero-order chi connectivity index (χ0) is 9.97. The fraction of sp³-hybridized carbons (Fsp3) is 0.455. The molecular weight excluding hydrogens is 178 g/mol. The Labute approximate surface area is 84.0 Å². The monoisotopic (exact) mass is 193 g/mol. The fourth-order valence-corrected chi connectivity index (χ4v) is 1.83. The van der Waals surface area contributed by atoms with Crippen LogP contribution in [0.5, 0.6) is 5.75 Å². The molecule has 0 spiro atoms. The fourth-order valence-electron chi connectivity index (χ4n) is 1.83. The number of nitrogens with one attached hydrogen (secondary N) is 1. The zero-order valence-corrected chi connectivity index (χ0v) is 8.54. The molecule has 1 N–H and O–H groups in total. The molecule has 1 aliphatic rings. The predicted octanol–water partition coefficient (Wildman–Crippen LogP) is 1.49. The lowest BCUT2D eigenvalue weighted by molar-refractivity contribution is 0.0683. The lowest BCUT2D eigenvalue weighted by Crippen LogP contribution is -2.30. The molecule has 0 aromatic heterocycles. The highest BCUT2D eigenvalue weighted by Gasteiger charge is 2.19. The minimum absolute atomic E-state index is 0.00819. The number of fused-ring (bicyclic) bond motifs is 1. The largest absolute Gasteiger partial charge is 0.497 e. The van der Waals surface area contributed by atoms with Gasteiger partial charge in [-0.15, -0.1) is 0 Å². The Kier molecular flexibility index (Phi) is 2.70. The van der Waals surface area contributed by atoms with Crippen molar-refractivity contribution in [2.75, 3.05) is 20.8 Å². The quantitative estimate of drug-likeness (QED) is 0.771. The number of methoxy groups -OCH3 is 2. The van der Waals surface area contributed by atoms with Crippen molar-refractivity contribution in [2.24, 2.45) is 0 Å². The first kappa shape index (κ1) is 9.49. The van der Waals surface area contributed by atoms with Crippen LogP contribution < -0.4 is 10.1 Å². The van der Waals surface area contributed by atoms with Gasteiger partial charge in [0.15, 0.2) is 0 Å². The molecule has 0 saturated heterocycles. The van der Waals surface area contributed by atoms with Crippen LogP contribution in [-0.2, 0) is 11.2 Å². The van der Waals surface area contributed by atoms with E-state index in [1.165, 1.54) is 11.1 Å². The van der Waals surface area contributed by atoms with E-state index in [1.54, 1.807) is 14.2 Å². The van der Waals surface area contributed by atoms with Crippen LogP contribution in [0.1, 0.15) is 17.4 Å². The van der Waals surface area contributed by atoms with E-state index < -0.39 is 0 Å². The van der Waals surface area contributed by atoms with Gasteiger partial charge in [0.05, 0.1) is 7.11 Å². The van der Waals surface area contributed by atoms with Gasteiger partial charge in [0.2, 0.25) is 0 Å². The maximum Gasteiger partial charge on any atom is 0.134 e. The molecule has 1 heterocycles. The summed E-state index contributed by atoms with van der Waals surface area (Å²) >= 11 is 0. The molecule has 1 aromatic rings. The summed E-state index contributed by atoms with van der Waals surface area (Å²) < 4.78 is 10.5. The summed E-state index contributed by atoms with van der Waals surface area (Å²) in [4.78, 5) is 0. The number of hydrogen-bond acceptors (Lipinski definition) is 3. The van der Waals surface area contributed by atoms with Crippen molar-refractivity contribution < 1.29 is 9.47 Å². The lowest BCUT2D eigenvalue weighted by atomic mass is 9.99. The Hall–Kier alpha value is -1.06. The molecule has 1 aliphatic heterocycles. The smallest absolute Gasteiger partial charge is 0.134 e. The normalized spacial score (nSPS) is 20.3. The molecule has 0 saturated carbocycles. The van der Waals surface area contributed by atoms with E-state index in [9.17, 15) is 0 Å². The summed E-state index contributed by atoms with van der Waals surface area (Å²) in [6.07, 6.45) is 1.06. The van der Waals surface area contributed by atoms with E-state index in [0.29, 0.717) is 0 Å². The number of rotatable bonds is 2. The van der Waals surface area contributed by atoms with E-state index in [-0.39, 0.29) is 6.23 Å². The SMILES string of the molecule is COc1ccc2c(c1)C(OC)NCC2. The number of hydrogen-bond donors (Lipinski definition) is 1. The van der Waals surface area contributed by atoms with Gasteiger partial charge in [0, 0.05) is 19.2 Å². The van der Waals surface area contributed by atoms with Gasteiger partial charge in [-0.1, -0.05) is 6.07 Å². The van der Waals surface area contributed by atoms with Gasteiger partial charge in [-0.25, -0.2) is 0 Å². The third kappa shape index (κ3) is 1.61. The first-order valence-corrected chi connectivity index (χ1v) is 4.78. The highest BCUT2D eigenvalue weighted by Crippen LogP contribution is 2.27. The van der Waals surface area contributed by atoms with E-state index in [4.69, 9.17) is 9.47 Å². The standard InChI is InChI=1S/C11H15NO2/c1-13-9-4-3-8-5-6-12-11(14-2)10(8)7-9/h3-4,7,11-12H,5-6H2,1-2H3. The van der Waals surface area contributed by atoms with Crippen molar-refractivity contribution in [2.45, 2.75) is 12.6 Å². The van der Waals surface area contributed by atoms with E-state index in [2.05, 4.69) is 11.4 Å². The van der Waals surface area contributed by atoms with Gasteiger partial charge in [-0.2, -0.15) is 0 Å². The molecule has 14 heavy (non-hydrogen) atoms. The Morgan fingerprint density at radius 1 is 1.36 bits per heavy atom. The second kappa shape index (κ2) is 3.98. The Bertz CT molecular complexity index is 325. The Balaban J connectivity index is 2.38. The zero-order valence-electron chi connectivity index (χ0n) is 8.54. The van der Waals surface area contributed by atoms with Crippen molar-refractivity contribution in [1.82, 2.24) is 5.32 Å². The third-order valence-corrected chi connectivity index (χ3v) is 2.60. The van der Waals surface area contributed by atoms with Crippen molar-refractivity contribution in [3.05, 3.63) is 29.3 Å². The van der Waals surface area contributed by atoms with Gasteiger partial charge in [0.25, 0.3) is 0 Å². The van der Waals surface area contributed by atoms with Crippen LogP contribution in [0.25, 0.3) is 0 Å². The summed E-state index contributed by atoms with van der Waals surface area (Å²) in [5.41, 5.74) is 2.54. The highest BCUT2D eigenvalue weighted by molar-refractivity contribution is 5.38. The molecule has 0 radical (unpaired) electrons. The molecule has 3 nitrogen and oxygen atoms in total. The van der Waals surface area contributed by atoms with Crippen LogP contribution in [0, 0.1) is 0 Å². The maximum atomic E-state index is 5.35. The first-order chi connectivity index (χ1) is 6.85. The van der Waals surface area contributed by atoms with Crippen LogP contribution in [-0.4, -0.2) is 20.8 Å². The molecular formula is C11H15NO2. The van der Waals surface area contributed by atoms with Gasteiger partial charge in [0.1, 0.15) is 12.0 Å². The van der Waals surface area contributed by atoms with Crippen LogP contribution in [0.15, 0.2) is 18.2 Å². The molecule has 0 amide bonds. The highest BCUT2D eigenvalue weighted by atomic mass is 16.5. The van der Waals surface area contributed by atoms with Crippen molar-refractivity contribution in [3.8, 4) is 5.75 Å². The Morgan fingerprint density at radius 3 is 2.93 bits per heavy atom. The molecule has 0 fully saturated rings. The summed E-state index contributed by atoms with van der Waals surface area (Å²) in [6.45, 7) is 0.970. The Morgan fingerprint density at radius 2 is 2.21 bits per heavy atom. The molecule has 0 aliphatic carbocycles. The van der Waals surface area contributed by atoms with Crippen LogP contribution in [0.4, 0.5) is 0 Å². The van der Waals surface area contributed by atoms with Crippen molar-refractivity contribution in [3.63, 3.8) is 0 Å². The number of ether oxygens (including phenoxy) is 2. The third-order valence-electron chi connectivity index (χ3n) is 2.60. The molecule has 2 rings (SSSR count). The van der Waals surface area contributed by atoms with Crippen molar-refractivity contribution in [1.29, 1.82) is 0 Å². The van der Waals surface area contributed by atoms with E-state index >= 15 is 0 Å². The average Bonchev–Trinajstić information content (AvgIpc) is 2.27. The summed E-state index contributed by atoms with van der Waals surface area (Å²) in [7, 11) is 3.39. The van der Waals surface area contributed by atoms with E-state index in [0.717, 1.165) is 18.7 Å². The summed E-state index contributed by atoms with van der Waals surface area (Å²) in [5.74, 6) is 0.884. The molecule has 3 heteroatoms. The minimum atomic E-state index is 0.00819. The maximum absolute atomic E-state index is 5.35. The summed E-state index contributed by atoms with van der Waals surface area (Å²) in [6, 6.07) is 6.15. The molecule has 0 bridgehead atoms. The van der Waals surface area contributed by atoms with Crippen LogP contribution in [0.3, 0.4) is 0 Å². The molecule has 1 aromatic carbocycles. The predicted molar refractivity (Wildman–Crippen MR) is 54.5 cm³/mol. The molecule has 1 unspecified atom stereocenters. The second-order valence-electron chi connectivity index (χ2n) is 3.38. The number of benzene rings is 1. The van der Waals surface area contributed by atoms with Crippen LogP contribution >= 0.6 is 0 Å². The van der Waals surface area contributed by atoms with Gasteiger partial charge >= 0.3 is 0 Å². The topological polar surface area (TPSA) is 30.5 Å². The van der Waals surface area contributed by atoms with Crippen molar-refractivity contribution >= 4 is 0 Å². The van der Waals surface area contributed by atoms with E-state index in [1.807, 2.05) is 12.1 Å². The second-order valence-corrected chi connectivity index (χ2v) is 3.38.